The van der Waals surface area contributed by atoms with Crippen LogP contribution in [0, 0.1) is 0 Å². The summed E-state index contributed by atoms with van der Waals surface area (Å²) in [4.78, 5) is 44.7. The number of rotatable bonds is 11. The van der Waals surface area contributed by atoms with Gasteiger partial charge in [-0.3, -0.25) is 9.59 Å². The zero-order chi connectivity index (χ0) is 44.1. The smallest absolute Gasteiger partial charge is 0.407 e. The van der Waals surface area contributed by atoms with E-state index in [1.54, 1.807) is 4.90 Å². The molecule has 2 aliphatic carbocycles. The van der Waals surface area contributed by atoms with Gasteiger partial charge in [-0.2, -0.15) is 0 Å². The van der Waals surface area contributed by atoms with Gasteiger partial charge in [0, 0.05) is 40.7 Å². The number of nitrogens with one attached hydrogen (secondary N) is 1. The third-order valence-electron chi connectivity index (χ3n) is 13.8. The van der Waals surface area contributed by atoms with E-state index in [-0.39, 0.29) is 18.4 Å². The average Bonchev–Trinajstić information content (AvgIpc) is 3.67. The molecule has 0 aromatic heterocycles. The fraction of sp³-hybridized carbons (Fsp3) is 0.411. The number of hydrogen-bond donors (Lipinski definition) is 1. The number of benzene rings is 5. The van der Waals surface area contributed by atoms with Crippen LogP contribution >= 0.6 is 11.6 Å². The molecule has 1 heterocycles. The number of fused-ring (bicyclic) bond motifs is 3. The van der Waals surface area contributed by atoms with Crippen molar-refractivity contribution in [2.75, 3.05) is 19.7 Å². The van der Waals surface area contributed by atoms with Crippen molar-refractivity contribution < 1.29 is 23.9 Å². The lowest BCUT2D eigenvalue weighted by Crippen LogP contribution is -2.51. The summed E-state index contributed by atoms with van der Waals surface area (Å²) in [6.45, 7) is 1.19. The van der Waals surface area contributed by atoms with Gasteiger partial charge < -0.3 is 19.7 Å². The molecule has 7 nitrogen and oxygen atoms in total. The molecule has 5 aromatic carbocycles. The standard InChI is InChI=1S/C56H63ClN2O5/c57-51-32-20-19-31-50(51)56(43-25-13-9-14-26-43,44-35-33-42(34-36-44)41-23-11-7-5-3-1-2-4-6-8-12-24-41)64-53(60)39-52(54(61)59-37-21-10-22-38-59)58-55(62)63-40-49-47-29-17-15-27-45(47)46-28-16-18-30-48(46)49/h9,13-20,25-36,41,49,52H,1-8,10-12,21-24,37-40H2,(H,58,62)/t52-,56?/m0/s1. The van der Waals surface area contributed by atoms with Crippen LogP contribution in [0.3, 0.4) is 0 Å². The molecule has 8 heteroatoms. The number of nitrogens with zero attached hydrogens (tertiary/aromatic N) is 1. The summed E-state index contributed by atoms with van der Waals surface area (Å²) in [6, 6.07) is 40.9. The van der Waals surface area contributed by atoms with E-state index < -0.39 is 30.1 Å². The molecule has 3 aliphatic rings. The van der Waals surface area contributed by atoms with E-state index in [9.17, 15) is 14.4 Å². The molecule has 1 saturated heterocycles. The lowest BCUT2D eigenvalue weighted by molar-refractivity contribution is -0.156. The highest BCUT2D eigenvalue weighted by Crippen LogP contribution is 2.46. The molecular formula is C56H63ClN2O5. The Morgan fingerprint density at radius 3 is 1.73 bits per heavy atom. The molecule has 0 radical (unpaired) electrons. The van der Waals surface area contributed by atoms with E-state index in [4.69, 9.17) is 21.1 Å². The Balaban J connectivity index is 1.07. The largest absolute Gasteiger partial charge is 0.449 e. The summed E-state index contributed by atoms with van der Waals surface area (Å²) in [7, 11) is 0. The Labute approximate surface area is 384 Å². The number of carbonyl (C=O) groups excluding carboxylic acids is 3. The quantitative estimate of drug-likeness (QED) is 0.106. The second-order valence-electron chi connectivity index (χ2n) is 18.0. The Kier molecular flexibility index (Phi) is 15.5. The average molecular weight is 880 g/mol. The first kappa shape index (κ1) is 45.2. The topological polar surface area (TPSA) is 84.9 Å². The Morgan fingerprint density at radius 2 is 1.12 bits per heavy atom. The molecule has 1 saturated carbocycles. The number of alkyl carbamates (subject to hydrolysis) is 1. The lowest BCUT2D eigenvalue weighted by Gasteiger charge is -2.37. The molecule has 1 aliphatic heterocycles. The van der Waals surface area contributed by atoms with E-state index in [0.29, 0.717) is 29.6 Å². The molecular weight excluding hydrogens is 816 g/mol. The van der Waals surface area contributed by atoms with E-state index >= 15 is 0 Å². The van der Waals surface area contributed by atoms with Gasteiger partial charge in [-0.25, -0.2) is 4.79 Å². The summed E-state index contributed by atoms with van der Waals surface area (Å²) in [5.74, 6) is -0.690. The fourth-order valence-corrected chi connectivity index (χ4v) is 10.7. The van der Waals surface area contributed by atoms with Gasteiger partial charge in [-0.05, 0) is 71.9 Å². The molecule has 0 bridgehead atoms. The van der Waals surface area contributed by atoms with Crippen LogP contribution in [0.4, 0.5) is 4.79 Å². The van der Waals surface area contributed by atoms with Crippen molar-refractivity contribution in [3.05, 3.63) is 166 Å². The summed E-state index contributed by atoms with van der Waals surface area (Å²) in [5, 5.41) is 3.27. The lowest BCUT2D eigenvalue weighted by atomic mass is 9.78. The summed E-state index contributed by atoms with van der Waals surface area (Å²) in [6.07, 6.45) is 16.9. The first-order valence-electron chi connectivity index (χ1n) is 24.0. The van der Waals surface area contributed by atoms with Crippen molar-refractivity contribution in [2.24, 2.45) is 0 Å². The molecule has 2 fully saturated rings. The highest BCUT2D eigenvalue weighted by Gasteiger charge is 2.43. The Morgan fingerprint density at radius 1 is 0.609 bits per heavy atom. The molecule has 2 atom stereocenters. The SMILES string of the molecule is O=C(C[C@H](NC(=O)OCC1c2ccccc2-c2ccccc21)C(=O)N1CCCCC1)OC(c1ccccc1)(c1ccc(C2CCCCCCCCCCCC2)cc1)c1ccccc1Cl. The Hall–Kier alpha value is -5.40. The monoisotopic (exact) mass is 878 g/mol. The number of halogens is 1. The minimum absolute atomic E-state index is 0.0788. The first-order valence-corrected chi connectivity index (χ1v) is 24.3. The van der Waals surface area contributed by atoms with Crippen LogP contribution in [-0.4, -0.2) is 48.6 Å². The highest BCUT2D eigenvalue weighted by atomic mass is 35.5. The van der Waals surface area contributed by atoms with Gasteiger partial charge in [0.25, 0.3) is 0 Å². The minimum atomic E-state index is -1.47. The van der Waals surface area contributed by atoms with Crippen LogP contribution in [0.25, 0.3) is 11.1 Å². The fourth-order valence-electron chi connectivity index (χ4n) is 10.4. The predicted molar refractivity (Wildman–Crippen MR) is 255 cm³/mol. The molecule has 0 spiro atoms. The zero-order valence-corrected chi connectivity index (χ0v) is 37.9. The van der Waals surface area contributed by atoms with Crippen molar-refractivity contribution in [3.8, 4) is 11.1 Å². The van der Waals surface area contributed by atoms with Crippen molar-refractivity contribution in [1.82, 2.24) is 10.2 Å². The van der Waals surface area contributed by atoms with Gasteiger partial charge in [-0.15, -0.1) is 0 Å². The van der Waals surface area contributed by atoms with E-state index in [1.165, 1.54) is 69.8 Å². The molecule has 8 rings (SSSR count). The number of piperidine rings is 1. The number of esters is 1. The minimum Gasteiger partial charge on any atom is -0.449 e. The second kappa shape index (κ2) is 22.0. The van der Waals surface area contributed by atoms with Crippen molar-refractivity contribution in [1.29, 1.82) is 0 Å². The summed E-state index contributed by atoms with van der Waals surface area (Å²) < 4.78 is 12.8. The van der Waals surface area contributed by atoms with Crippen LogP contribution in [0.2, 0.25) is 5.02 Å². The van der Waals surface area contributed by atoms with Gasteiger partial charge in [0.05, 0.1) is 6.42 Å². The van der Waals surface area contributed by atoms with Gasteiger partial charge in [-0.1, -0.05) is 197 Å². The van der Waals surface area contributed by atoms with Gasteiger partial charge >= 0.3 is 12.1 Å². The van der Waals surface area contributed by atoms with Gasteiger partial charge in [0.15, 0.2) is 5.60 Å². The van der Waals surface area contributed by atoms with Crippen LogP contribution in [0.1, 0.15) is 148 Å². The third kappa shape index (κ3) is 10.6. The van der Waals surface area contributed by atoms with Crippen LogP contribution in [0.5, 0.6) is 0 Å². The molecule has 334 valence electrons. The maximum Gasteiger partial charge on any atom is 0.407 e. The molecule has 1 N–H and O–H groups in total. The zero-order valence-electron chi connectivity index (χ0n) is 37.2. The van der Waals surface area contributed by atoms with E-state index in [2.05, 4.69) is 53.8 Å². The number of ether oxygens (including phenoxy) is 2. The van der Waals surface area contributed by atoms with Gasteiger partial charge in [0.1, 0.15) is 12.6 Å². The first-order chi connectivity index (χ1) is 31.4. The normalized spacial score (nSPS) is 17.9. The molecule has 1 unspecified atom stereocenters. The highest BCUT2D eigenvalue weighted by molar-refractivity contribution is 6.31. The van der Waals surface area contributed by atoms with E-state index in [1.807, 2.05) is 78.9 Å². The maximum atomic E-state index is 14.8. The second-order valence-corrected chi connectivity index (χ2v) is 18.5. The molecule has 2 amide bonds. The molecule has 64 heavy (non-hydrogen) atoms. The van der Waals surface area contributed by atoms with Crippen LogP contribution in [-0.2, 0) is 24.7 Å². The Bertz CT molecular complexity index is 2270. The maximum absolute atomic E-state index is 14.8. The van der Waals surface area contributed by atoms with Gasteiger partial charge in [0.2, 0.25) is 5.91 Å². The van der Waals surface area contributed by atoms with Crippen LogP contribution < -0.4 is 5.32 Å². The van der Waals surface area contributed by atoms with E-state index in [0.717, 1.165) is 65.5 Å². The summed E-state index contributed by atoms with van der Waals surface area (Å²) in [5.41, 5.74) is 6.31. The number of hydrogen-bond acceptors (Lipinski definition) is 5. The summed E-state index contributed by atoms with van der Waals surface area (Å²) >= 11 is 7.10. The predicted octanol–water partition coefficient (Wildman–Crippen LogP) is 13.3. The van der Waals surface area contributed by atoms with Crippen molar-refractivity contribution in [3.63, 3.8) is 0 Å². The third-order valence-corrected chi connectivity index (χ3v) is 14.1. The number of amides is 2. The number of likely N-dealkylation sites (tertiary alicyclic amines) is 1. The number of carbonyl (C=O) groups is 3. The van der Waals surface area contributed by atoms with Crippen molar-refractivity contribution in [2.45, 2.75) is 126 Å². The van der Waals surface area contributed by atoms with Crippen LogP contribution in [0.15, 0.2) is 127 Å². The molecule has 5 aromatic rings. The van der Waals surface area contributed by atoms with Crippen molar-refractivity contribution >= 4 is 29.6 Å².